The number of hydrogen-bond donors (Lipinski definition) is 3. The van der Waals surface area contributed by atoms with Crippen molar-refractivity contribution in [2.75, 3.05) is 13.1 Å². The Morgan fingerprint density at radius 2 is 2.08 bits per heavy atom. The van der Waals surface area contributed by atoms with E-state index >= 15 is 0 Å². The molecule has 0 bridgehead atoms. The van der Waals surface area contributed by atoms with Gasteiger partial charge < -0.3 is 15.5 Å². The smallest absolute Gasteiger partial charge is 0.255 e. The van der Waals surface area contributed by atoms with Crippen LogP contribution in [-0.2, 0) is 22.7 Å². The number of nitrogens with one attached hydrogen (secondary N) is 3. The van der Waals surface area contributed by atoms with Crippen LogP contribution in [0.2, 0.25) is 0 Å². The molecule has 1 aromatic carbocycles. The Kier molecular flexibility index (Phi) is 4.74. The van der Waals surface area contributed by atoms with Gasteiger partial charge >= 0.3 is 0 Å². The van der Waals surface area contributed by atoms with Gasteiger partial charge in [0.2, 0.25) is 11.8 Å². The highest BCUT2D eigenvalue weighted by atomic mass is 16.2. The average molecular weight is 356 g/mol. The molecule has 26 heavy (non-hydrogen) atoms. The predicted molar refractivity (Wildman–Crippen MR) is 95.2 cm³/mol. The summed E-state index contributed by atoms with van der Waals surface area (Å²) >= 11 is 0. The van der Waals surface area contributed by atoms with Crippen LogP contribution in [-0.4, -0.2) is 47.8 Å². The minimum atomic E-state index is -0.559. The molecular formula is C19H24N4O3. The van der Waals surface area contributed by atoms with Crippen molar-refractivity contribution in [2.24, 2.45) is 0 Å². The molecule has 138 valence electrons. The SMILES string of the molecule is O=C1CCC(N2Cc3c(CNC4CCCNC4)cccc3C2=O)C(=O)N1. The van der Waals surface area contributed by atoms with Crippen LogP contribution in [0.25, 0.3) is 0 Å². The summed E-state index contributed by atoms with van der Waals surface area (Å²) in [6.07, 6.45) is 3.00. The number of fused-ring (bicyclic) bond motifs is 1. The standard InChI is InChI=1S/C19H24N4O3/c24-17-7-6-16(18(25)22-17)23-11-15-12(3-1-5-14(15)19(23)26)9-21-13-4-2-8-20-10-13/h1,3,5,13,16,20-21H,2,4,6-11H2,(H,22,24,25). The average Bonchev–Trinajstić information content (AvgIpc) is 2.98. The Balaban J connectivity index is 1.48. The second kappa shape index (κ2) is 7.17. The van der Waals surface area contributed by atoms with Crippen LogP contribution in [0.1, 0.15) is 47.2 Å². The van der Waals surface area contributed by atoms with E-state index in [1.165, 1.54) is 6.42 Å². The third-order valence-corrected chi connectivity index (χ3v) is 5.56. The Morgan fingerprint density at radius 1 is 1.19 bits per heavy atom. The van der Waals surface area contributed by atoms with Crippen molar-refractivity contribution in [2.45, 2.75) is 50.9 Å². The summed E-state index contributed by atoms with van der Waals surface area (Å²) in [6.45, 7) is 3.19. The van der Waals surface area contributed by atoms with Crippen molar-refractivity contribution in [1.29, 1.82) is 0 Å². The van der Waals surface area contributed by atoms with E-state index in [9.17, 15) is 14.4 Å². The number of nitrogens with zero attached hydrogens (tertiary/aromatic N) is 1. The van der Waals surface area contributed by atoms with E-state index in [4.69, 9.17) is 0 Å². The highest BCUT2D eigenvalue weighted by molar-refractivity contribution is 6.05. The number of benzene rings is 1. The largest absolute Gasteiger partial charge is 0.322 e. The first-order valence-electron chi connectivity index (χ1n) is 9.33. The van der Waals surface area contributed by atoms with Gasteiger partial charge in [0.1, 0.15) is 6.04 Å². The zero-order valence-electron chi connectivity index (χ0n) is 14.7. The Hall–Kier alpha value is -2.25. The second-order valence-corrected chi connectivity index (χ2v) is 7.27. The van der Waals surface area contributed by atoms with E-state index in [2.05, 4.69) is 16.0 Å². The molecule has 3 heterocycles. The first-order chi connectivity index (χ1) is 12.6. The van der Waals surface area contributed by atoms with E-state index < -0.39 is 6.04 Å². The summed E-state index contributed by atoms with van der Waals surface area (Å²) < 4.78 is 0. The monoisotopic (exact) mass is 356 g/mol. The van der Waals surface area contributed by atoms with E-state index in [0.717, 1.165) is 30.6 Å². The molecule has 0 radical (unpaired) electrons. The lowest BCUT2D eigenvalue weighted by molar-refractivity contribution is -0.136. The van der Waals surface area contributed by atoms with Crippen molar-refractivity contribution >= 4 is 17.7 Å². The second-order valence-electron chi connectivity index (χ2n) is 7.27. The molecule has 0 saturated carbocycles. The topological polar surface area (TPSA) is 90.5 Å². The lowest BCUT2D eigenvalue weighted by Crippen LogP contribution is -2.52. The normalized spacial score (nSPS) is 26.0. The van der Waals surface area contributed by atoms with Crippen molar-refractivity contribution < 1.29 is 14.4 Å². The van der Waals surface area contributed by atoms with Crippen LogP contribution in [0.4, 0.5) is 0 Å². The fourth-order valence-electron chi connectivity index (χ4n) is 4.10. The lowest BCUT2D eigenvalue weighted by Gasteiger charge is -2.29. The fourth-order valence-corrected chi connectivity index (χ4v) is 4.10. The summed E-state index contributed by atoms with van der Waals surface area (Å²) in [5, 5.41) is 9.31. The summed E-state index contributed by atoms with van der Waals surface area (Å²) in [7, 11) is 0. The van der Waals surface area contributed by atoms with Crippen molar-refractivity contribution in [1.82, 2.24) is 20.9 Å². The highest BCUT2D eigenvalue weighted by Crippen LogP contribution is 2.29. The van der Waals surface area contributed by atoms with Crippen molar-refractivity contribution in [3.8, 4) is 0 Å². The first kappa shape index (κ1) is 17.2. The molecule has 1 aromatic rings. The summed E-state index contributed by atoms with van der Waals surface area (Å²) in [5.74, 6) is -0.743. The minimum Gasteiger partial charge on any atom is -0.322 e. The zero-order valence-corrected chi connectivity index (χ0v) is 14.7. The number of hydrogen-bond acceptors (Lipinski definition) is 5. The first-order valence-corrected chi connectivity index (χ1v) is 9.33. The number of carbonyl (C=O) groups is 3. The number of piperidine rings is 2. The van der Waals surface area contributed by atoms with Gasteiger partial charge in [0.15, 0.2) is 0 Å². The van der Waals surface area contributed by atoms with Crippen LogP contribution in [0.5, 0.6) is 0 Å². The number of imide groups is 1. The van der Waals surface area contributed by atoms with Gasteiger partial charge in [0, 0.05) is 37.7 Å². The molecule has 0 aliphatic carbocycles. The maximum absolute atomic E-state index is 12.8. The molecule has 0 spiro atoms. The molecule has 0 aromatic heterocycles. The molecule has 3 aliphatic heterocycles. The van der Waals surface area contributed by atoms with Gasteiger partial charge in [-0.25, -0.2) is 0 Å². The van der Waals surface area contributed by atoms with Gasteiger partial charge in [-0.1, -0.05) is 12.1 Å². The quantitative estimate of drug-likeness (QED) is 0.675. The van der Waals surface area contributed by atoms with Crippen molar-refractivity contribution in [3.05, 3.63) is 34.9 Å². The number of carbonyl (C=O) groups excluding carboxylic acids is 3. The Bertz CT molecular complexity index is 742. The van der Waals surface area contributed by atoms with Crippen molar-refractivity contribution in [3.63, 3.8) is 0 Å². The van der Waals surface area contributed by atoms with Gasteiger partial charge in [-0.15, -0.1) is 0 Å². The van der Waals surface area contributed by atoms with Gasteiger partial charge in [-0.05, 0) is 43.0 Å². The third-order valence-electron chi connectivity index (χ3n) is 5.56. The van der Waals surface area contributed by atoms with Crippen LogP contribution in [0.3, 0.4) is 0 Å². The Labute approximate surface area is 152 Å². The van der Waals surface area contributed by atoms with Gasteiger partial charge in [0.25, 0.3) is 5.91 Å². The van der Waals surface area contributed by atoms with Crippen LogP contribution >= 0.6 is 0 Å². The predicted octanol–water partition coefficient (Wildman–Crippen LogP) is 0.289. The zero-order chi connectivity index (χ0) is 18.1. The maximum Gasteiger partial charge on any atom is 0.255 e. The molecule has 2 atom stereocenters. The molecule has 3 aliphatic rings. The molecular weight excluding hydrogens is 332 g/mol. The number of rotatable bonds is 4. The fraction of sp³-hybridized carbons (Fsp3) is 0.526. The molecule has 2 unspecified atom stereocenters. The molecule has 4 rings (SSSR count). The van der Waals surface area contributed by atoms with Gasteiger partial charge in [0.05, 0.1) is 0 Å². The molecule has 7 nitrogen and oxygen atoms in total. The van der Waals surface area contributed by atoms with E-state index in [1.54, 1.807) is 4.90 Å². The maximum atomic E-state index is 12.8. The number of amides is 3. The minimum absolute atomic E-state index is 0.115. The Morgan fingerprint density at radius 3 is 2.85 bits per heavy atom. The van der Waals surface area contributed by atoms with Crippen LogP contribution in [0, 0.1) is 0 Å². The van der Waals surface area contributed by atoms with E-state index in [0.29, 0.717) is 31.1 Å². The summed E-state index contributed by atoms with van der Waals surface area (Å²) in [5.41, 5.74) is 2.78. The summed E-state index contributed by atoms with van der Waals surface area (Å²) in [6, 6.07) is 5.67. The highest BCUT2D eigenvalue weighted by Gasteiger charge is 2.39. The van der Waals surface area contributed by atoms with Crippen LogP contribution < -0.4 is 16.0 Å². The van der Waals surface area contributed by atoms with E-state index in [-0.39, 0.29) is 24.1 Å². The van der Waals surface area contributed by atoms with Gasteiger partial charge in [-0.2, -0.15) is 0 Å². The van der Waals surface area contributed by atoms with Gasteiger partial charge in [-0.3, -0.25) is 19.7 Å². The van der Waals surface area contributed by atoms with E-state index in [1.807, 2.05) is 18.2 Å². The summed E-state index contributed by atoms with van der Waals surface area (Å²) in [4.78, 5) is 38.0. The molecule has 2 saturated heterocycles. The molecule has 7 heteroatoms. The molecule has 3 amide bonds. The lowest BCUT2D eigenvalue weighted by atomic mass is 10.0. The molecule has 3 N–H and O–H groups in total. The van der Waals surface area contributed by atoms with Crippen LogP contribution in [0.15, 0.2) is 18.2 Å². The third kappa shape index (κ3) is 3.24. The molecule has 2 fully saturated rings.